The minimum Gasteiger partial charge on any atom is -0.294 e. The van der Waals surface area contributed by atoms with Crippen LogP contribution in [0, 0.1) is 12.8 Å². The molecule has 3 unspecified atom stereocenters. The van der Waals surface area contributed by atoms with Crippen LogP contribution in [0.3, 0.4) is 0 Å². The van der Waals surface area contributed by atoms with E-state index in [4.69, 9.17) is 0 Å². The van der Waals surface area contributed by atoms with Crippen molar-refractivity contribution < 1.29 is 4.79 Å². The van der Waals surface area contributed by atoms with Gasteiger partial charge in [0.25, 0.3) is 5.91 Å². The Morgan fingerprint density at radius 3 is 3.00 bits per heavy atom. The van der Waals surface area contributed by atoms with Crippen LogP contribution in [0.5, 0.6) is 0 Å². The van der Waals surface area contributed by atoms with Crippen molar-refractivity contribution in [1.29, 1.82) is 0 Å². The van der Waals surface area contributed by atoms with Gasteiger partial charge >= 0.3 is 0 Å². The Balaban J connectivity index is 1.66. The van der Waals surface area contributed by atoms with Crippen molar-refractivity contribution in [2.24, 2.45) is 5.92 Å². The van der Waals surface area contributed by atoms with Crippen LogP contribution in [-0.4, -0.2) is 43.9 Å². The molecule has 0 saturated carbocycles. The van der Waals surface area contributed by atoms with Crippen LogP contribution in [0.2, 0.25) is 0 Å². The van der Waals surface area contributed by atoms with E-state index in [-0.39, 0.29) is 17.2 Å². The van der Waals surface area contributed by atoms with Crippen LogP contribution in [0.25, 0.3) is 0 Å². The average Bonchev–Trinajstić information content (AvgIpc) is 3.21. The molecule has 4 rings (SSSR count). The lowest BCUT2D eigenvalue weighted by molar-refractivity contribution is 0.0792. The highest BCUT2D eigenvalue weighted by Crippen LogP contribution is 2.43. The zero-order valence-electron chi connectivity index (χ0n) is 13.3. The third kappa shape index (κ3) is 2.75. The van der Waals surface area contributed by atoms with Crippen LogP contribution in [0.15, 0.2) is 22.7 Å². The number of aryl methyl sites for hydroxylation is 1. The first-order valence-corrected chi connectivity index (χ1v) is 9.81. The molecule has 5 nitrogen and oxygen atoms in total. The molecule has 3 atom stereocenters. The van der Waals surface area contributed by atoms with Gasteiger partial charge in [-0.2, -0.15) is 4.68 Å². The number of fused-ring (bicyclic) bond motifs is 1. The Bertz CT molecular complexity index is 712. The molecular weight excluding hydrogens is 328 g/mol. The Kier molecular flexibility index (Phi) is 4.03. The van der Waals surface area contributed by atoms with Crippen molar-refractivity contribution in [3.8, 4) is 0 Å². The zero-order valence-corrected chi connectivity index (χ0v) is 14.9. The highest BCUT2D eigenvalue weighted by atomic mass is 32.2. The summed E-state index contributed by atoms with van der Waals surface area (Å²) in [5, 5.41) is 6.96. The van der Waals surface area contributed by atoms with E-state index in [0.29, 0.717) is 11.7 Å². The lowest BCUT2D eigenvalue weighted by Crippen LogP contribution is -2.43. The predicted molar refractivity (Wildman–Crippen MR) is 92.1 cm³/mol. The van der Waals surface area contributed by atoms with Gasteiger partial charge in [0.2, 0.25) is 0 Å². The Morgan fingerprint density at radius 2 is 2.30 bits per heavy atom. The van der Waals surface area contributed by atoms with Crippen molar-refractivity contribution in [3.63, 3.8) is 0 Å². The first kappa shape index (κ1) is 15.4. The number of thiophene rings is 1. The number of carbonyl (C=O) groups excluding carboxylic acids is 1. The molecule has 2 aromatic rings. The molecule has 122 valence electrons. The number of nitrogens with zero attached hydrogens (tertiary/aromatic N) is 4. The minimum absolute atomic E-state index is 0.0715. The zero-order chi connectivity index (χ0) is 16.0. The maximum atomic E-state index is 12.9. The SMILES string of the molecule is Cc1nc2n(n1)C(=O)C(C(c1cccs1)N1CCCC(C)C1)S2. The molecule has 4 heterocycles. The molecule has 0 radical (unpaired) electrons. The fourth-order valence-electron chi connectivity index (χ4n) is 3.56. The summed E-state index contributed by atoms with van der Waals surface area (Å²) in [6, 6.07) is 4.35. The van der Waals surface area contributed by atoms with Crippen LogP contribution in [0.1, 0.15) is 41.3 Å². The molecule has 2 aromatic heterocycles. The second-order valence-electron chi connectivity index (χ2n) is 6.43. The maximum absolute atomic E-state index is 12.9. The molecule has 2 aliphatic rings. The van der Waals surface area contributed by atoms with Crippen LogP contribution in [-0.2, 0) is 0 Å². The van der Waals surface area contributed by atoms with Crippen molar-refractivity contribution >= 4 is 29.0 Å². The number of thioether (sulfide) groups is 1. The van der Waals surface area contributed by atoms with Gasteiger partial charge in [0.05, 0.1) is 6.04 Å². The highest BCUT2D eigenvalue weighted by molar-refractivity contribution is 8.01. The number of piperidine rings is 1. The summed E-state index contributed by atoms with van der Waals surface area (Å²) in [6.07, 6.45) is 2.48. The van der Waals surface area contributed by atoms with E-state index in [0.717, 1.165) is 18.2 Å². The van der Waals surface area contributed by atoms with Gasteiger partial charge in [-0.25, -0.2) is 4.98 Å². The standard InChI is InChI=1S/C16H20N4OS2/c1-10-5-3-7-19(9-10)13(12-6-4-8-22-12)14-15(21)20-16(23-14)17-11(2)18-20/h4,6,8,10,13-14H,3,5,7,9H2,1-2H3. The van der Waals surface area contributed by atoms with E-state index in [1.165, 1.54) is 22.4 Å². The van der Waals surface area contributed by atoms with E-state index in [1.54, 1.807) is 23.1 Å². The molecule has 0 aromatic carbocycles. The summed E-state index contributed by atoms with van der Waals surface area (Å²) in [6.45, 7) is 6.25. The third-order valence-corrected chi connectivity index (χ3v) is 6.70. The van der Waals surface area contributed by atoms with Crippen LogP contribution >= 0.6 is 23.1 Å². The fraction of sp³-hybridized carbons (Fsp3) is 0.562. The number of carbonyl (C=O) groups is 1. The topological polar surface area (TPSA) is 51.0 Å². The smallest absolute Gasteiger partial charge is 0.264 e. The molecule has 0 aliphatic carbocycles. The molecule has 0 bridgehead atoms. The first-order chi connectivity index (χ1) is 11.1. The Morgan fingerprint density at radius 1 is 1.43 bits per heavy atom. The molecule has 2 aliphatic heterocycles. The van der Waals surface area contributed by atoms with Crippen molar-refractivity contribution in [2.75, 3.05) is 13.1 Å². The Hall–Kier alpha value is -1.18. The van der Waals surface area contributed by atoms with Gasteiger partial charge in [0, 0.05) is 11.4 Å². The molecule has 0 spiro atoms. The molecule has 23 heavy (non-hydrogen) atoms. The molecule has 0 N–H and O–H groups in total. The summed E-state index contributed by atoms with van der Waals surface area (Å²) < 4.78 is 1.50. The van der Waals surface area contributed by atoms with Gasteiger partial charge in [-0.3, -0.25) is 9.69 Å². The van der Waals surface area contributed by atoms with Crippen molar-refractivity contribution in [2.45, 2.75) is 43.1 Å². The maximum Gasteiger partial charge on any atom is 0.264 e. The molecule has 1 saturated heterocycles. The number of rotatable bonds is 3. The van der Waals surface area contributed by atoms with Gasteiger partial charge in [0.15, 0.2) is 5.16 Å². The van der Waals surface area contributed by atoms with Gasteiger partial charge in [-0.05, 0) is 43.7 Å². The minimum atomic E-state index is -0.144. The van der Waals surface area contributed by atoms with E-state index in [9.17, 15) is 4.79 Å². The van der Waals surface area contributed by atoms with Crippen molar-refractivity contribution in [3.05, 3.63) is 28.2 Å². The van der Waals surface area contributed by atoms with E-state index in [1.807, 2.05) is 6.92 Å². The number of hydrogen-bond acceptors (Lipinski definition) is 6. The lowest BCUT2D eigenvalue weighted by Gasteiger charge is -2.38. The first-order valence-electron chi connectivity index (χ1n) is 8.05. The van der Waals surface area contributed by atoms with Gasteiger partial charge in [-0.1, -0.05) is 24.8 Å². The predicted octanol–water partition coefficient (Wildman–Crippen LogP) is 3.24. The van der Waals surface area contributed by atoms with Gasteiger partial charge < -0.3 is 0 Å². The van der Waals surface area contributed by atoms with Crippen molar-refractivity contribution in [1.82, 2.24) is 19.7 Å². The summed E-state index contributed by atoms with van der Waals surface area (Å²) in [5.74, 6) is 1.42. The average molecular weight is 348 g/mol. The highest BCUT2D eigenvalue weighted by Gasteiger charge is 2.43. The van der Waals surface area contributed by atoms with E-state index < -0.39 is 0 Å². The molecule has 0 amide bonds. The summed E-state index contributed by atoms with van der Waals surface area (Å²) in [5.41, 5.74) is 0. The summed E-state index contributed by atoms with van der Waals surface area (Å²) in [7, 11) is 0. The quantitative estimate of drug-likeness (QED) is 0.852. The number of hydrogen-bond donors (Lipinski definition) is 0. The molecule has 1 fully saturated rings. The molecule has 7 heteroatoms. The second kappa shape index (κ2) is 6.03. The summed E-state index contributed by atoms with van der Waals surface area (Å²) >= 11 is 3.31. The number of aromatic nitrogens is 3. The van der Waals surface area contributed by atoms with Crippen LogP contribution < -0.4 is 0 Å². The lowest BCUT2D eigenvalue weighted by atomic mass is 9.97. The van der Waals surface area contributed by atoms with Crippen LogP contribution in [0.4, 0.5) is 0 Å². The Labute approximate surface area is 144 Å². The molecular formula is C16H20N4OS2. The second-order valence-corrected chi connectivity index (χ2v) is 8.52. The van der Waals surface area contributed by atoms with Gasteiger partial charge in [0.1, 0.15) is 11.1 Å². The van der Waals surface area contributed by atoms with E-state index >= 15 is 0 Å². The monoisotopic (exact) mass is 348 g/mol. The third-order valence-electron chi connectivity index (χ3n) is 4.57. The van der Waals surface area contributed by atoms with E-state index in [2.05, 4.69) is 39.4 Å². The van der Waals surface area contributed by atoms with Gasteiger partial charge in [-0.15, -0.1) is 16.4 Å². The summed E-state index contributed by atoms with van der Waals surface area (Å²) in [4.78, 5) is 21.0. The largest absolute Gasteiger partial charge is 0.294 e. The number of likely N-dealkylation sites (tertiary alicyclic amines) is 1. The fourth-order valence-corrected chi connectivity index (χ4v) is 5.83. The normalized spacial score (nSPS) is 26.4.